The van der Waals surface area contributed by atoms with E-state index >= 15 is 0 Å². The topological polar surface area (TPSA) is 41.7 Å². The van der Waals surface area contributed by atoms with Gasteiger partial charge in [0.05, 0.1) is 12.3 Å². The first-order chi connectivity index (χ1) is 8.61. The van der Waals surface area contributed by atoms with Gasteiger partial charge in [-0.2, -0.15) is 0 Å². The van der Waals surface area contributed by atoms with E-state index in [9.17, 15) is 0 Å². The molecular formula is C14H23N3O. The van der Waals surface area contributed by atoms with E-state index < -0.39 is 0 Å². The lowest BCUT2D eigenvalue weighted by Gasteiger charge is -2.22. The van der Waals surface area contributed by atoms with Crippen LogP contribution in [-0.2, 0) is 0 Å². The quantitative estimate of drug-likeness (QED) is 0.826. The van der Waals surface area contributed by atoms with Crippen molar-refractivity contribution in [3.8, 4) is 5.75 Å². The highest BCUT2D eigenvalue weighted by Gasteiger charge is 2.24. The standard InChI is InChI=1S/C14H23N3O/c1-4-18-14-9-11(5-6-13(14)15)17-8-7-12(10-17)16(2)3/h5-6,9,12H,4,7-8,10,15H2,1-3H3/t12-/m0/s1. The number of nitrogens with zero attached hydrogens (tertiary/aromatic N) is 2. The Labute approximate surface area is 109 Å². The Balaban J connectivity index is 2.12. The van der Waals surface area contributed by atoms with E-state index in [1.165, 1.54) is 12.1 Å². The zero-order valence-corrected chi connectivity index (χ0v) is 11.5. The molecular weight excluding hydrogens is 226 g/mol. The molecule has 0 aromatic heterocycles. The fourth-order valence-electron chi connectivity index (χ4n) is 2.40. The predicted octanol–water partition coefficient (Wildman–Crippen LogP) is 1.81. The first-order valence-electron chi connectivity index (χ1n) is 6.55. The molecule has 1 aliphatic rings. The van der Waals surface area contributed by atoms with Gasteiger partial charge < -0.3 is 20.3 Å². The first kappa shape index (κ1) is 13.0. The summed E-state index contributed by atoms with van der Waals surface area (Å²) < 4.78 is 5.55. The fourth-order valence-corrected chi connectivity index (χ4v) is 2.40. The second-order valence-corrected chi connectivity index (χ2v) is 5.01. The van der Waals surface area contributed by atoms with Crippen LogP contribution in [0.1, 0.15) is 13.3 Å². The molecule has 4 nitrogen and oxygen atoms in total. The monoisotopic (exact) mass is 249 g/mol. The van der Waals surface area contributed by atoms with Crippen molar-refractivity contribution >= 4 is 11.4 Å². The maximum Gasteiger partial charge on any atom is 0.144 e. The average Bonchev–Trinajstić information content (AvgIpc) is 2.82. The molecule has 2 N–H and O–H groups in total. The summed E-state index contributed by atoms with van der Waals surface area (Å²) in [5, 5.41) is 0. The minimum absolute atomic E-state index is 0.637. The normalized spacial score (nSPS) is 19.6. The molecule has 0 bridgehead atoms. The summed E-state index contributed by atoms with van der Waals surface area (Å²) in [7, 11) is 4.28. The Morgan fingerprint density at radius 1 is 1.44 bits per heavy atom. The van der Waals surface area contributed by atoms with Gasteiger partial charge in [-0.1, -0.05) is 0 Å². The van der Waals surface area contributed by atoms with Gasteiger partial charge in [0.15, 0.2) is 0 Å². The molecule has 0 amide bonds. The van der Waals surface area contributed by atoms with E-state index in [0.29, 0.717) is 18.3 Å². The van der Waals surface area contributed by atoms with Crippen LogP contribution < -0.4 is 15.4 Å². The Bertz CT molecular complexity index is 406. The Morgan fingerprint density at radius 3 is 2.83 bits per heavy atom. The highest BCUT2D eigenvalue weighted by atomic mass is 16.5. The van der Waals surface area contributed by atoms with Crippen LogP contribution in [0.5, 0.6) is 5.75 Å². The molecule has 2 rings (SSSR count). The third-order valence-corrected chi connectivity index (χ3v) is 3.56. The Kier molecular flexibility index (Phi) is 3.97. The smallest absolute Gasteiger partial charge is 0.144 e. The largest absolute Gasteiger partial charge is 0.492 e. The molecule has 0 spiro atoms. The van der Waals surface area contributed by atoms with Gasteiger partial charge in [0.25, 0.3) is 0 Å². The van der Waals surface area contributed by atoms with Gasteiger partial charge in [0, 0.05) is 30.9 Å². The molecule has 1 fully saturated rings. The number of rotatable bonds is 4. The highest BCUT2D eigenvalue weighted by Crippen LogP contribution is 2.30. The van der Waals surface area contributed by atoms with E-state index in [2.05, 4.69) is 36.0 Å². The summed E-state index contributed by atoms with van der Waals surface area (Å²) in [4.78, 5) is 4.69. The van der Waals surface area contributed by atoms with Crippen LogP contribution in [0.2, 0.25) is 0 Å². The van der Waals surface area contributed by atoms with E-state index in [0.717, 1.165) is 18.8 Å². The maximum atomic E-state index is 5.90. The minimum Gasteiger partial charge on any atom is -0.492 e. The van der Waals surface area contributed by atoms with Gasteiger partial charge in [-0.25, -0.2) is 0 Å². The lowest BCUT2D eigenvalue weighted by molar-refractivity contribution is 0.315. The number of nitrogen functional groups attached to an aromatic ring is 1. The van der Waals surface area contributed by atoms with Crippen molar-refractivity contribution in [1.29, 1.82) is 0 Å². The van der Waals surface area contributed by atoms with E-state index in [-0.39, 0.29) is 0 Å². The van der Waals surface area contributed by atoms with E-state index in [4.69, 9.17) is 10.5 Å². The summed E-state index contributed by atoms with van der Waals surface area (Å²) in [5.41, 5.74) is 7.82. The fraction of sp³-hybridized carbons (Fsp3) is 0.571. The molecule has 1 saturated heterocycles. The van der Waals surface area contributed by atoms with Crippen molar-refractivity contribution in [2.45, 2.75) is 19.4 Å². The van der Waals surface area contributed by atoms with Crippen LogP contribution in [0.15, 0.2) is 18.2 Å². The van der Waals surface area contributed by atoms with Gasteiger partial charge in [-0.05, 0) is 39.6 Å². The van der Waals surface area contributed by atoms with Crippen molar-refractivity contribution in [1.82, 2.24) is 4.90 Å². The number of benzene rings is 1. The molecule has 1 aliphatic heterocycles. The molecule has 0 radical (unpaired) electrons. The van der Waals surface area contributed by atoms with Gasteiger partial charge in [-0.3, -0.25) is 0 Å². The molecule has 1 atom stereocenters. The molecule has 1 aromatic carbocycles. The van der Waals surface area contributed by atoms with Gasteiger partial charge in [0.2, 0.25) is 0 Å². The number of ether oxygens (including phenoxy) is 1. The summed E-state index contributed by atoms with van der Waals surface area (Å²) >= 11 is 0. The third-order valence-electron chi connectivity index (χ3n) is 3.56. The molecule has 0 unspecified atom stereocenters. The number of nitrogens with two attached hydrogens (primary N) is 1. The lowest BCUT2D eigenvalue weighted by Crippen LogP contribution is -2.31. The molecule has 18 heavy (non-hydrogen) atoms. The molecule has 0 saturated carbocycles. The van der Waals surface area contributed by atoms with Crippen LogP contribution in [-0.4, -0.2) is 44.7 Å². The third kappa shape index (κ3) is 2.70. The Hall–Kier alpha value is -1.42. The van der Waals surface area contributed by atoms with Crippen molar-refractivity contribution < 1.29 is 4.74 Å². The number of hydrogen-bond acceptors (Lipinski definition) is 4. The molecule has 4 heteroatoms. The summed E-state index contributed by atoms with van der Waals surface area (Å²) in [6.07, 6.45) is 1.21. The first-order valence-corrected chi connectivity index (χ1v) is 6.55. The minimum atomic E-state index is 0.637. The van der Waals surface area contributed by atoms with Gasteiger partial charge >= 0.3 is 0 Å². The van der Waals surface area contributed by atoms with Crippen LogP contribution in [0.4, 0.5) is 11.4 Å². The summed E-state index contributed by atoms with van der Waals surface area (Å²) in [5.74, 6) is 0.795. The van der Waals surface area contributed by atoms with Crippen LogP contribution >= 0.6 is 0 Å². The van der Waals surface area contributed by atoms with Gasteiger partial charge in [-0.15, -0.1) is 0 Å². The van der Waals surface area contributed by atoms with Crippen molar-refractivity contribution in [3.63, 3.8) is 0 Å². The second kappa shape index (κ2) is 5.48. The number of anilines is 2. The van der Waals surface area contributed by atoms with E-state index in [1.807, 2.05) is 13.0 Å². The van der Waals surface area contributed by atoms with Gasteiger partial charge in [0.1, 0.15) is 5.75 Å². The lowest BCUT2D eigenvalue weighted by atomic mass is 10.2. The molecule has 1 heterocycles. The average molecular weight is 249 g/mol. The summed E-state index contributed by atoms with van der Waals surface area (Å²) in [6.45, 7) is 4.79. The van der Waals surface area contributed by atoms with Crippen LogP contribution in [0.3, 0.4) is 0 Å². The molecule has 0 aliphatic carbocycles. The second-order valence-electron chi connectivity index (χ2n) is 5.01. The number of likely N-dealkylation sites (N-methyl/N-ethyl adjacent to an activating group) is 1. The molecule has 1 aromatic rings. The van der Waals surface area contributed by atoms with E-state index in [1.54, 1.807) is 0 Å². The highest BCUT2D eigenvalue weighted by molar-refractivity contribution is 5.62. The predicted molar refractivity (Wildman–Crippen MR) is 76.3 cm³/mol. The Morgan fingerprint density at radius 2 is 2.22 bits per heavy atom. The zero-order chi connectivity index (χ0) is 13.1. The van der Waals surface area contributed by atoms with Crippen molar-refractivity contribution in [3.05, 3.63) is 18.2 Å². The van der Waals surface area contributed by atoms with Crippen LogP contribution in [0.25, 0.3) is 0 Å². The molecule has 100 valence electrons. The zero-order valence-electron chi connectivity index (χ0n) is 11.5. The van der Waals surface area contributed by atoms with Crippen molar-refractivity contribution in [2.75, 3.05) is 44.4 Å². The SMILES string of the molecule is CCOc1cc(N2CC[C@H](N(C)C)C2)ccc1N. The van der Waals surface area contributed by atoms with Crippen LogP contribution in [0, 0.1) is 0 Å². The summed E-state index contributed by atoms with van der Waals surface area (Å²) in [6, 6.07) is 6.70. The maximum absolute atomic E-state index is 5.90. The number of hydrogen-bond donors (Lipinski definition) is 1. The van der Waals surface area contributed by atoms with Crippen molar-refractivity contribution in [2.24, 2.45) is 0 Å².